The van der Waals surface area contributed by atoms with Gasteiger partial charge in [-0.2, -0.15) is 5.26 Å². The van der Waals surface area contributed by atoms with Gasteiger partial charge >= 0.3 is 0 Å². The van der Waals surface area contributed by atoms with Crippen molar-refractivity contribution in [3.63, 3.8) is 0 Å². The van der Waals surface area contributed by atoms with E-state index in [2.05, 4.69) is 15.9 Å². The highest BCUT2D eigenvalue weighted by molar-refractivity contribution is 6.30. The molecular formula is C19H19ClFN3O. The number of benzene rings is 2. The van der Waals surface area contributed by atoms with Crippen molar-refractivity contribution in [3.8, 4) is 11.8 Å². The Labute approximate surface area is 152 Å². The molecule has 1 aliphatic heterocycles. The molecule has 0 amide bonds. The fourth-order valence-corrected chi connectivity index (χ4v) is 3.26. The van der Waals surface area contributed by atoms with Gasteiger partial charge in [0, 0.05) is 37.7 Å². The van der Waals surface area contributed by atoms with Gasteiger partial charge in [-0.05, 0) is 35.9 Å². The molecule has 0 atom stereocenters. The minimum Gasteiger partial charge on any atom is -0.494 e. The lowest BCUT2D eigenvalue weighted by Gasteiger charge is -2.36. The van der Waals surface area contributed by atoms with E-state index >= 15 is 0 Å². The standard InChI is InChI=1S/C19H19ClFN3O/c1-25-19-5-2-14(10-17(19)21)13-23-6-8-24(9-7-23)18-4-3-16(20)11-15(18)12-22/h2-5,10-11H,6-9,13H2,1H3. The van der Waals surface area contributed by atoms with E-state index < -0.39 is 0 Å². The predicted molar refractivity (Wildman–Crippen MR) is 96.6 cm³/mol. The van der Waals surface area contributed by atoms with E-state index in [1.807, 2.05) is 18.2 Å². The Kier molecular flexibility index (Phi) is 5.42. The number of ether oxygens (including phenoxy) is 1. The average Bonchev–Trinajstić information content (AvgIpc) is 2.62. The van der Waals surface area contributed by atoms with Crippen LogP contribution in [0.25, 0.3) is 0 Å². The second-order valence-electron chi connectivity index (χ2n) is 6.01. The molecule has 0 spiro atoms. The molecule has 0 aliphatic carbocycles. The molecule has 25 heavy (non-hydrogen) atoms. The maximum Gasteiger partial charge on any atom is 0.165 e. The molecule has 1 fully saturated rings. The van der Waals surface area contributed by atoms with Crippen LogP contribution in [-0.4, -0.2) is 38.2 Å². The summed E-state index contributed by atoms with van der Waals surface area (Å²) >= 11 is 5.96. The second kappa shape index (κ2) is 7.73. The maximum atomic E-state index is 13.8. The molecule has 0 aromatic heterocycles. The van der Waals surface area contributed by atoms with Crippen LogP contribution < -0.4 is 9.64 Å². The molecule has 6 heteroatoms. The number of hydrogen-bond donors (Lipinski definition) is 0. The van der Waals surface area contributed by atoms with Crippen LogP contribution in [0.1, 0.15) is 11.1 Å². The van der Waals surface area contributed by atoms with Crippen LogP contribution in [0.3, 0.4) is 0 Å². The zero-order valence-corrected chi connectivity index (χ0v) is 14.8. The molecule has 4 nitrogen and oxygen atoms in total. The van der Waals surface area contributed by atoms with Crippen LogP contribution in [0.2, 0.25) is 5.02 Å². The maximum absolute atomic E-state index is 13.8. The number of piperazine rings is 1. The molecule has 3 rings (SSSR count). The average molecular weight is 360 g/mol. The molecule has 1 aliphatic rings. The Morgan fingerprint density at radius 3 is 2.56 bits per heavy atom. The molecular weight excluding hydrogens is 341 g/mol. The number of rotatable bonds is 4. The van der Waals surface area contributed by atoms with Crippen LogP contribution in [0.5, 0.6) is 5.75 Å². The first-order chi connectivity index (χ1) is 12.1. The molecule has 0 bridgehead atoms. The lowest BCUT2D eigenvalue weighted by molar-refractivity contribution is 0.249. The highest BCUT2D eigenvalue weighted by Crippen LogP contribution is 2.25. The number of methoxy groups -OCH3 is 1. The SMILES string of the molecule is COc1ccc(CN2CCN(c3ccc(Cl)cc3C#N)CC2)cc1F. The van der Waals surface area contributed by atoms with Crippen molar-refractivity contribution < 1.29 is 9.13 Å². The third kappa shape index (κ3) is 4.04. The summed E-state index contributed by atoms with van der Waals surface area (Å²) in [6.07, 6.45) is 0. The van der Waals surface area contributed by atoms with Gasteiger partial charge in [0.15, 0.2) is 11.6 Å². The number of nitriles is 1. The zero-order chi connectivity index (χ0) is 17.8. The number of anilines is 1. The number of halogens is 2. The lowest BCUT2D eigenvalue weighted by atomic mass is 10.1. The molecule has 0 N–H and O–H groups in total. The fourth-order valence-electron chi connectivity index (χ4n) is 3.09. The summed E-state index contributed by atoms with van der Waals surface area (Å²) in [5, 5.41) is 9.87. The summed E-state index contributed by atoms with van der Waals surface area (Å²) in [5.41, 5.74) is 2.44. The normalized spacial score (nSPS) is 15.0. The molecule has 0 radical (unpaired) electrons. The summed E-state index contributed by atoms with van der Waals surface area (Å²) < 4.78 is 18.8. The molecule has 1 heterocycles. The van der Waals surface area contributed by atoms with E-state index in [4.69, 9.17) is 16.3 Å². The van der Waals surface area contributed by atoms with Gasteiger partial charge in [-0.3, -0.25) is 4.90 Å². The molecule has 0 unspecified atom stereocenters. The van der Waals surface area contributed by atoms with Crippen LogP contribution in [-0.2, 0) is 6.54 Å². The van der Waals surface area contributed by atoms with Crippen molar-refractivity contribution in [2.75, 3.05) is 38.2 Å². The number of nitrogens with zero attached hydrogens (tertiary/aromatic N) is 3. The van der Waals surface area contributed by atoms with Crippen molar-refractivity contribution in [3.05, 3.63) is 58.4 Å². The van der Waals surface area contributed by atoms with E-state index in [-0.39, 0.29) is 11.6 Å². The Morgan fingerprint density at radius 2 is 1.92 bits per heavy atom. The van der Waals surface area contributed by atoms with E-state index in [1.165, 1.54) is 13.2 Å². The van der Waals surface area contributed by atoms with Crippen LogP contribution in [0.4, 0.5) is 10.1 Å². The smallest absolute Gasteiger partial charge is 0.165 e. The first-order valence-corrected chi connectivity index (χ1v) is 8.48. The van der Waals surface area contributed by atoms with Gasteiger partial charge in [0.2, 0.25) is 0 Å². The van der Waals surface area contributed by atoms with Gasteiger partial charge in [-0.25, -0.2) is 4.39 Å². The first-order valence-electron chi connectivity index (χ1n) is 8.10. The summed E-state index contributed by atoms with van der Waals surface area (Å²) in [4.78, 5) is 4.47. The van der Waals surface area contributed by atoms with Gasteiger partial charge < -0.3 is 9.64 Å². The molecule has 130 valence electrons. The van der Waals surface area contributed by atoms with Crippen molar-refractivity contribution in [1.82, 2.24) is 4.90 Å². The molecule has 2 aromatic carbocycles. The summed E-state index contributed by atoms with van der Waals surface area (Å²) in [5.74, 6) is -0.0706. The summed E-state index contributed by atoms with van der Waals surface area (Å²) in [6, 6.07) is 12.7. The first kappa shape index (κ1) is 17.5. The highest BCUT2D eigenvalue weighted by Gasteiger charge is 2.20. The van der Waals surface area contributed by atoms with E-state index in [0.717, 1.165) is 37.4 Å². The van der Waals surface area contributed by atoms with Crippen molar-refractivity contribution >= 4 is 17.3 Å². The highest BCUT2D eigenvalue weighted by atomic mass is 35.5. The summed E-state index contributed by atoms with van der Waals surface area (Å²) in [7, 11) is 1.46. The zero-order valence-electron chi connectivity index (χ0n) is 14.0. The van der Waals surface area contributed by atoms with E-state index in [0.29, 0.717) is 17.1 Å². The number of hydrogen-bond acceptors (Lipinski definition) is 4. The van der Waals surface area contributed by atoms with Crippen molar-refractivity contribution in [1.29, 1.82) is 5.26 Å². The summed E-state index contributed by atoms with van der Waals surface area (Å²) in [6.45, 7) is 4.02. The van der Waals surface area contributed by atoms with Gasteiger partial charge in [0.05, 0.1) is 18.4 Å². The van der Waals surface area contributed by atoms with Gasteiger partial charge in [-0.15, -0.1) is 0 Å². The predicted octanol–water partition coefficient (Wildman–Crippen LogP) is 3.68. The largest absolute Gasteiger partial charge is 0.494 e. The quantitative estimate of drug-likeness (QED) is 0.834. The van der Waals surface area contributed by atoms with Gasteiger partial charge in [0.1, 0.15) is 6.07 Å². The third-order valence-electron chi connectivity index (χ3n) is 4.41. The minimum atomic E-state index is -0.335. The topological polar surface area (TPSA) is 39.5 Å². The van der Waals surface area contributed by atoms with Gasteiger partial charge in [-0.1, -0.05) is 17.7 Å². The monoisotopic (exact) mass is 359 g/mol. The second-order valence-corrected chi connectivity index (χ2v) is 6.44. The Hall–Kier alpha value is -2.29. The van der Waals surface area contributed by atoms with Crippen LogP contribution in [0.15, 0.2) is 36.4 Å². The Balaban J connectivity index is 1.63. The fraction of sp³-hybridized carbons (Fsp3) is 0.316. The Bertz CT molecular complexity index is 798. The van der Waals surface area contributed by atoms with Crippen LogP contribution in [0, 0.1) is 17.1 Å². The molecule has 1 saturated heterocycles. The lowest BCUT2D eigenvalue weighted by Crippen LogP contribution is -2.46. The van der Waals surface area contributed by atoms with E-state index in [9.17, 15) is 9.65 Å². The minimum absolute atomic E-state index is 0.264. The van der Waals surface area contributed by atoms with Crippen molar-refractivity contribution in [2.45, 2.75) is 6.54 Å². The third-order valence-corrected chi connectivity index (χ3v) is 4.65. The molecule has 0 saturated carbocycles. The van der Waals surface area contributed by atoms with E-state index in [1.54, 1.807) is 12.1 Å². The van der Waals surface area contributed by atoms with Gasteiger partial charge in [0.25, 0.3) is 0 Å². The Morgan fingerprint density at radius 1 is 1.16 bits per heavy atom. The molecule has 2 aromatic rings. The van der Waals surface area contributed by atoms with Crippen LogP contribution >= 0.6 is 11.6 Å². The van der Waals surface area contributed by atoms with Crippen molar-refractivity contribution in [2.24, 2.45) is 0 Å².